The molecule has 4 rings (SSSR count). The summed E-state index contributed by atoms with van der Waals surface area (Å²) in [7, 11) is 0. The number of aryl methyl sites for hydroxylation is 1. The molecule has 1 fully saturated rings. The molecule has 0 saturated carbocycles. The van der Waals surface area contributed by atoms with Gasteiger partial charge in [0, 0.05) is 56.8 Å². The molecule has 0 bridgehead atoms. The summed E-state index contributed by atoms with van der Waals surface area (Å²) in [5.74, 6) is -1.45. The van der Waals surface area contributed by atoms with E-state index in [4.69, 9.17) is 20.9 Å². The minimum atomic E-state index is -1.26. The quantitative estimate of drug-likeness (QED) is 0.568. The third-order valence-corrected chi connectivity index (χ3v) is 5.61. The zero-order valence-electron chi connectivity index (χ0n) is 18.4. The molecule has 0 spiro atoms. The number of anilines is 1. The van der Waals surface area contributed by atoms with Gasteiger partial charge in [-0.1, -0.05) is 24.3 Å². The van der Waals surface area contributed by atoms with Crippen LogP contribution in [0.25, 0.3) is 0 Å². The number of aromatic nitrogens is 1. The normalized spacial score (nSPS) is 16.9. The largest absolute Gasteiger partial charge is 0.478 e. The predicted molar refractivity (Wildman–Crippen MR) is 127 cm³/mol. The van der Waals surface area contributed by atoms with Gasteiger partial charge in [0.15, 0.2) is 0 Å². The first-order valence-corrected chi connectivity index (χ1v) is 10.9. The van der Waals surface area contributed by atoms with Crippen molar-refractivity contribution >= 4 is 29.2 Å². The second-order valence-corrected chi connectivity index (χ2v) is 7.70. The summed E-state index contributed by atoms with van der Waals surface area (Å²) in [6.07, 6.45) is 5.06. The second kappa shape index (κ2) is 11.9. The number of fused-ring (bicyclic) bond motifs is 1. The molecule has 2 aliphatic rings. The number of pyridine rings is 1. The van der Waals surface area contributed by atoms with Crippen molar-refractivity contribution in [3.63, 3.8) is 0 Å². The molecule has 0 aliphatic carbocycles. The van der Waals surface area contributed by atoms with E-state index in [2.05, 4.69) is 45.1 Å². The van der Waals surface area contributed by atoms with Crippen molar-refractivity contribution in [1.29, 1.82) is 0 Å². The Hall–Kier alpha value is -3.56. The van der Waals surface area contributed by atoms with E-state index in [-0.39, 0.29) is 6.04 Å². The summed E-state index contributed by atoms with van der Waals surface area (Å²) in [4.78, 5) is 33.4. The van der Waals surface area contributed by atoms with Crippen LogP contribution in [0.3, 0.4) is 0 Å². The van der Waals surface area contributed by atoms with Gasteiger partial charge in [0.1, 0.15) is 5.82 Å². The number of benzene rings is 1. The van der Waals surface area contributed by atoms with Crippen LogP contribution in [0.15, 0.2) is 65.8 Å². The van der Waals surface area contributed by atoms with E-state index in [1.807, 2.05) is 18.3 Å². The van der Waals surface area contributed by atoms with E-state index >= 15 is 0 Å². The molecule has 0 amide bonds. The number of aliphatic imine (C=N–C) groups is 1. The lowest BCUT2D eigenvalue weighted by Gasteiger charge is -2.40. The van der Waals surface area contributed by atoms with Gasteiger partial charge in [-0.2, -0.15) is 0 Å². The molecule has 3 heterocycles. The maximum Gasteiger partial charge on any atom is 0.328 e. The lowest BCUT2D eigenvalue weighted by molar-refractivity contribution is -0.134. The Labute approximate surface area is 192 Å². The summed E-state index contributed by atoms with van der Waals surface area (Å²) < 4.78 is 0. The van der Waals surface area contributed by atoms with Crippen molar-refractivity contribution in [2.45, 2.75) is 18.9 Å². The SMILES string of the molecule is NCC(C1=Nc2ccccc2CC1)N1CCN(c2ccccn2)CC1.O=C(O)/C=C/C(=O)O. The summed E-state index contributed by atoms with van der Waals surface area (Å²) in [6, 6.07) is 14.8. The third kappa shape index (κ3) is 6.96. The van der Waals surface area contributed by atoms with Crippen molar-refractivity contribution in [3.8, 4) is 0 Å². The molecule has 1 saturated heterocycles. The number of rotatable bonds is 6. The minimum absolute atomic E-state index is 0.249. The number of carbonyl (C=O) groups is 2. The fourth-order valence-corrected chi connectivity index (χ4v) is 3.99. The molecule has 0 radical (unpaired) electrons. The number of aliphatic carboxylic acids is 2. The summed E-state index contributed by atoms with van der Waals surface area (Å²) in [5.41, 5.74) is 9.86. The Morgan fingerprint density at radius 1 is 0.970 bits per heavy atom. The Morgan fingerprint density at radius 3 is 2.24 bits per heavy atom. The highest BCUT2D eigenvalue weighted by Crippen LogP contribution is 2.27. The fourth-order valence-electron chi connectivity index (χ4n) is 3.99. The smallest absolute Gasteiger partial charge is 0.328 e. The molecule has 174 valence electrons. The number of hydrogen-bond donors (Lipinski definition) is 3. The number of carboxylic acids is 2. The van der Waals surface area contributed by atoms with Gasteiger partial charge in [-0.25, -0.2) is 14.6 Å². The number of carboxylic acid groups (broad SMARTS) is 2. The van der Waals surface area contributed by atoms with Gasteiger partial charge in [0.2, 0.25) is 0 Å². The summed E-state index contributed by atoms with van der Waals surface area (Å²) in [5, 5.41) is 15.6. The van der Waals surface area contributed by atoms with Crippen molar-refractivity contribution < 1.29 is 19.8 Å². The van der Waals surface area contributed by atoms with Crippen LogP contribution in [-0.2, 0) is 16.0 Å². The molecule has 2 aromatic rings. The predicted octanol–water partition coefficient (Wildman–Crippen LogP) is 1.96. The van der Waals surface area contributed by atoms with E-state index in [9.17, 15) is 9.59 Å². The van der Waals surface area contributed by atoms with Gasteiger partial charge >= 0.3 is 11.9 Å². The number of nitrogens with zero attached hydrogens (tertiary/aromatic N) is 4. The highest BCUT2D eigenvalue weighted by molar-refractivity contribution is 5.94. The van der Waals surface area contributed by atoms with E-state index in [0.717, 1.165) is 50.5 Å². The Kier molecular flexibility index (Phi) is 8.68. The maximum absolute atomic E-state index is 9.55. The zero-order chi connectivity index (χ0) is 23.6. The van der Waals surface area contributed by atoms with Crippen LogP contribution in [-0.4, -0.2) is 76.5 Å². The standard InChI is InChI=1S/C20H25N5.C4H4O4/c21-15-19(18-9-8-16-5-1-2-6-17(16)23-18)24-11-13-25(14-12-24)20-7-3-4-10-22-20;5-3(6)1-2-4(7)8/h1-7,10,19H,8-9,11-15,21H2;1-2H,(H,5,6)(H,7,8)/b;2-1+. The molecule has 2 aliphatic heterocycles. The molecule has 1 atom stereocenters. The van der Waals surface area contributed by atoms with Crippen LogP contribution < -0.4 is 10.6 Å². The lowest BCUT2D eigenvalue weighted by Crippen LogP contribution is -2.55. The third-order valence-electron chi connectivity index (χ3n) is 5.61. The molecule has 9 nitrogen and oxygen atoms in total. The Morgan fingerprint density at radius 2 is 1.64 bits per heavy atom. The first kappa shape index (κ1) is 24.1. The van der Waals surface area contributed by atoms with Gasteiger partial charge in [0.05, 0.1) is 11.7 Å². The number of para-hydroxylation sites is 1. The van der Waals surface area contributed by atoms with Crippen LogP contribution in [0, 0.1) is 0 Å². The van der Waals surface area contributed by atoms with Crippen molar-refractivity contribution in [2.24, 2.45) is 10.7 Å². The molecule has 9 heteroatoms. The molecule has 4 N–H and O–H groups in total. The van der Waals surface area contributed by atoms with Gasteiger partial charge in [-0.3, -0.25) is 9.89 Å². The first-order valence-electron chi connectivity index (χ1n) is 10.9. The molecular formula is C24H29N5O4. The van der Waals surface area contributed by atoms with E-state index in [0.29, 0.717) is 18.7 Å². The first-order chi connectivity index (χ1) is 16.0. The van der Waals surface area contributed by atoms with E-state index < -0.39 is 11.9 Å². The van der Waals surface area contributed by atoms with E-state index in [1.165, 1.54) is 11.3 Å². The van der Waals surface area contributed by atoms with E-state index in [1.54, 1.807) is 0 Å². The summed E-state index contributed by atoms with van der Waals surface area (Å²) in [6.45, 7) is 4.59. The van der Waals surface area contributed by atoms with Gasteiger partial charge < -0.3 is 20.8 Å². The van der Waals surface area contributed by atoms with Crippen molar-refractivity contribution in [3.05, 3.63) is 66.4 Å². The monoisotopic (exact) mass is 451 g/mol. The number of piperazine rings is 1. The number of nitrogens with two attached hydrogens (primary N) is 1. The van der Waals surface area contributed by atoms with Crippen LogP contribution in [0.2, 0.25) is 0 Å². The Bertz CT molecular complexity index is 985. The van der Waals surface area contributed by atoms with Crippen LogP contribution in [0.5, 0.6) is 0 Å². The lowest BCUT2D eigenvalue weighted by atomic mass is 9.96. The summed E-state index contributed by atoms with van der Waals surface area (Å²) >= 11 is 0. The van der Waals surface area contributed by atoms with Crippen LogP contribution >= 0.6 is 0 Å². The highest BCUT2D eigenvalue weighted by Gasteiger charge is 2.28. The topological polar surface area (TPSA) is 132 Å². The molecule has 1 unspecified atom stereocenters. The van der Waals surface area contributed by atoms with Gasteiger partial charge in [-0.15, -0.1) is 0 Å². The highest BCUT2D eigenvalue weighted by atomic mass is 16.4. The number of hydrogen-bond acceptors (Lipinski definition) is 7. The molecule has 1 aromatic heterocycles. The molecule has 33 heavy (non-hydrogen) atoms. The average molecular weight is 452 g/mol. The Balaban J connectivity index is 0.000000331. The van der Waals surface area contributed by atoms with Gasteiger partial charge in [0.25, 0.3) is 0 Å². The minimum Gasteiger partial charge on any atom is -0.478 e. The van der Waals surface area contributed by atoms with Crippen LogP contribution in [0.4, 0.5) is 11.5 Å². The maximum atomic E-state index is 9.55. The molecule has 1 aromatic carbocycles. The zero-order valence-corrected chi connectivity index (χ0v) is 18.4. The van der Waals surface area contributed by atoms with Crippen molar-refractivity contribution in [2.75, 3.05) is 37.6 Å². The average Bonchev–Trinajstić information content (AvgIpc) is 2.84. The fraction of sp³-hybridized carbons (Fsp3) is 0.333. The van der Waals surface area contributed by atoms with Gasteiger partial charge in [-0.05, 0) is 36.6 Å². The van der Waals surface area contributed by atoms with Crippen molar-refractivity contribution in [1.82, 2.24) is 9.88 Å². The second-order valence-electron chi connectivity index (χ2n) is 7.70. The molecular weight excluding hydrogens is 422 g/mol. The van der Waals surface area contributed by atoms with Crippen LogP contribution in [0.1, 0.15) is 12.0 Å².